The number of methoxy groups -OCH3 is 1. The highest BCUT2D eigenvalue weighted by Crippen LogP contribution is 2.40. The molecular formula is C21H27FN2O4. The van der Waals surface area contributed by atoms with Crippen LogP contribution in [0, 0.1) is 11.2 Å². The molecule has 0 radical (unpaired) electrons. The Morgan fingerprint density at radius 1 is 1.18 bits per heavy atom. The summed E-state index contributed by atoms with van der Waals surface area (Å²) >= 11 is 0. The number of likely N-dealkylation sites (tertiary alicyclic amines) is 2. The molecule has 0 aromatic heterocycles. The number of esters is 1. The molecule has 7 heteroatoms. The molecule has 2 amide bonds. The second-order valence-electron chi connectivity index (χ2n) is 7.70. The van der Waals surface area contributed by atoms with Gasteiger partial charge in [-0.2, -0.15) is 0 Å². The molecule has 2 saturated heterocycles. The summed E-state index contributed by atoms with van der Waals surface area (Å²) in [7, 11) is 1.33. The standard InChI is InChI=1S/C21H27FN2O4/c1-28-19(26)9-4-8-18(25)24-13-11-21(15-24)10-5-12-23(20(21)27)14-16-6-2-3-7-17(16)22/h2-3,6-7H,4-5,8-15H2,1H3. The number of nitrogens with zero attached hydrogens (tertiary/aromatic N) is 2. The fraction of sp³-hybridized carbons (Fsp3) is 0.571. The SMILES string of the molecule is COC(=O)CCCC(=O)N1CCC2(CCCN(Cc3ccccc3F)C2=O)C1. The number of rotatable bonds is 6. The number of carbonyl (C=O) groups excluding carboxylic acids is 3. The fourth-order valence-electron chi connectivity index (χ4n) is 4.24. The van der Waals surface area contributed by atoms with Gasteiger partial charge >= 0.3 is 5.97 Å². The molecular weight excluding hydrogens is 363 g/mol. The molecule has 1 spiro atoms. The Kier molecular flexibility index (Phi) is 6.31. The number of carbonyl (C=O) groups is 3. The molecule has 3 rings (SSSR count). The molecule has 0 bridgehead atoms. The first-order valence-corrected chi connectivity index (χ1v) is 9.82. The summed E-state index contributed by atoms with van der Waals surface area (Å²) in [5, 5.41) is 0. The molecule has 0 N–H and O–H groups in total. The molecule has 2 heterocycles. The number of hydrogen-bond donors (Lipinski definition) is 0. The second-order valence-corrected chi connectivity index (χ2v) is 7.70. The van der Waals surface area contributed by atoms with Gasteiger partial charge in [0, 0.05) is 44.6 Å². The van der Waals surface area contributed by atoms with Crippen molar-refractivity contribution >= 4 is 17.8 Å². The number of amides is 2. The van der Waals surface area contributed by atoms with E-state index in [1.165, 1.54) is 13.2 Å². The zero-order chi connectivity index (χ0) is 20.1. The molecule has 2 aliphatic rings. The largest absolute Gasteiger partial charge is 0.469 e. The van der Waals surface area contributed by atoms with Crippen molar-refractivity contribution in [2.45, 2.75) is 45.1 Å². The van der Waals surface area contributed by atoms with Crippen LogP contribution in [0.15, 0.2) is 24.3 Å². The van der Waals surface area contributed by atoms with Gasteiger partial charge in [0.25, 0.3) is 0 Å². The van der Waals surface area contributed by atoms with Gasteiger partial charge in [-0.05, 0) is 31.7 Å². The Hall–Kier alpha value is -2.44. The van der Waals surface area contributed by atoms with Crippen molar-refractivity contribution in [3.63, 3.8) is 0 Å². The highest BCUT2D eigenvalue weighted by molar-refractivity contribution is 5.86. The summed E-state index contributed by atoms with van der Waals surface area (Å²) in [4.78, 5) is 40.3. The van der Waals surface area contributed by atoms with E-state index in [1.807, 2.05) is 0 Å². The summed E-state index contributed by atoms with van der Waals surface area (Å²) in [5.74, 6) is -0.632. The van der Waals surface area contributed by atoms with Crippen LogP contribution in [-0.4, -0.2) is 54.3 Å². The van der Waals surface area contributed by atoms with E-state index in [4.69, 9.17) is 0 Å². The topological polar surface area (TPSA) is 66.9 Å². The Balaban J connectivity index is 1.59. The highest BCUT2D eigenvalue weighted by atomic mass is 19.1. The number of piperidine rings is 1. The molecule has 28 heavy (non-hydrogen) atoms. The maximum Gasteiger partial charge on any atom is 0.305 e. The van der Waals surface area contributed by atoms with Crippen molar-refractivity contribution in [1.82, 2.24) is 9.80 Å². The van der Waals surface area contributed by atoms with E-state index in [2.05, 4.69) is 4.74 Å². The first kappa shape index (κ1) is 20.3. The van der Waals surface area contributed by atoms with E-state index in [0.29, 0.717) is 38.0 Å². The average molecular weight is 390 g/mol. The summed E-state index contributed by atoms with van der Waals surface area (Å²) < 4.78 is 18.6. The van der Waals surface area contributed by atoms with E-state index in [1.54, 1.807) is 28.0 Å². The normalized spacial score (nSPS) is 22.0. The van der Waals surface area contributed by atoms with E-state index in [9.17, 15) is 18.8 Å². The number of benzene rings is 1. The third-order valence-corrected chi connectivity index (χ3v) is 5.85. The molecule has 0 aliphatic carbocycles. The zero-order valence-corrected chi connectivity index (χ0v) is 16.3. The highest BCUT2D eigenvalue weighted by Gasteiger charge is 2.49. The van der Waals surface area contributed by atoms with Crippen molar-refractivity contribution in [1.29, 1.82) is 0 Å². The molecule has 6 nitrogen and oxygen atoms in total. The van der Waals surface area contributed by atoms with Crippen molar-refractivity contribution in [3.05, 3.63) is 35.6 Å². The lowest BCUT2D eigenvalue weighted by molar-refractivity contribution is -0.146. The van der Waals surface area contributed by atoms with Crippen LogP contribution < -0.4 is 0 Å². The lowest BCUT2D eigenvalue weighted by Crippen LogP contribution is -2.50. The van der Waals surface area contributed by atoms with Crippen molar-refractivity contribution in [2.24, 2.45) is 5.41 Å². The third kappa shape index (κ3) is 4.34. The molecule has 1 unspecified atom stereocenters. The Morgan fingerprint density at radius 3 is 2.71 bits per heavy atom. The van der Waals surface area contributed by atoms with Crippen molar-refractivity contribution in [2.75, 3.05) is 26.7 Å². The molecule has 2 fully saturated rings. The molecule has 152 valence electrons. The van der Waals surface area contributed by atoms with Crippen LogP contribution in [0.25, 0.3) is 0 Å². The predicted molar refractivity (Wildman–Crippen MR) is 101 cm³/mol. The third-order valence-electron chi connectivity index (χ3n) is 5.85. The monoisotopic (exact) mass is 390 g/mol. The number of halogens is 1. The van der Waals surface area contributed by atoms with Crippen LogP contribution in [-0.2, 0) is 25.7 Å². The van der Waals surface area contributed by atoms with Gasteiger partial charge in [-0.15, -0.1) is 0 Å². The minimum atomic E-state index is -0.554. The maximum absolute atomic E-state index is 14.0. The number of hydrogen-bond acceptors (Lipinski definition) is 4. The van der Waals surface area contributed by atoms with E-state index in [-0.39, 0.29) is 43.0 Å². The lowest BCUT2D eigenvalue weighted by Gasteiger charge is -2.39. The second kappa shape index (κ2) is 8.71. The Bertz CT molecular complexity index is 754. The molecule has 1 aromatic rings. The van der Waals surface area contributed by atoms with Crippen LogP contribution in [0.1, 0.15) is 44.1 Å². The van der Waals surface area contributed by atoms with Gasteiger partial charge in [-0.1, -0.05) is 18.2 Å². The smallest absolute Gasteiger partial charge is 0.305 e. The lowest BCUT2D eigenvalue weighted by atomic mass is 9.78. The minimum Gasteiger partial charge on any atom is -0.469 e. The van der Waals surface area contributed by atoms with Crippen LogP contribution in [0.4, 0.5) is 4.39 Å². The van der Waals surface area contributed by atoms with E-state index >= 15 is 0 Å². The maximum atomic E-state index is 14.0. The predicted octanol–water partition coefficient (Wildman–Crippen LogP) is 2.51. The summed E-state index contributed by atoms with van der Waals surface area (Å²) in [6.45, 7) is 1.84. The van der Waals surface area contributed by atoms with E-state index in [0.717, 1.165) is 12.8 Å². The van der Waals surface area contributed by atoms with Gasteiger partial charge in [0.15, 0.2) is 0 Å². The van der Waals surface area contributed by atoms with Crippen LogP contribution >= 0.6 is 0 Å². The first-order valence-electron chi connectivity index (χ1n) is 9.82. The van der Waals surface area contributed by atoms with Crippen LogP contribution in [0.2, 0.25) is 0 Å². The minimum absolute atomic E-state index is 0.0202. The van der Waals surface area contributed by atoms with Crippen molar-refractivity contribution in [3.8, 4) is 0 Å². The quantitative estimate of drug-likeness (QED) is 0.700. The molecule has 2 aliphatic heterocycles. The van der Waals surface area contributed by atoms with Crippen LogP contribution in [0.3, 0.4) is 0 Å². The summed E-state index contributed by atoms with van der Waals surface area (Å²) in [5.41, 5.74) is -0.0386. The van der Waals surface area contributed by atoms with Gasteiger partial charge in [0.2, 0.25) is 11.8 Å². The molecule has 1 aromatic carbocycles. The van der Waals surface area contributed by atoms with Crippen molar-refractivity contribution < 1.29 is 23.5 Å². The Labute approximate surface area is 164 Å². The number of ether oxygens (including phenoxy) is 1. The molecule has 1 atom stereocenters. The zero-order valence-electron chi connectivity index (χ0n) is 16.3. The Morgan fingerprint density at radius 2 is 1.96 bits per heavy atom. The summed E-state index contributed by atoms with van der Waals surface area (Å²) in [6.07, 6.45) is 3.19. The first-order chi connectivity index (χ1) is 13.4. The molecule has 0 saturated carbocycles. The van der Waals surface area contributed by atoms with E-state index < -0.39 is 5.41 Å². The van der Waals surface area contributed by atoms with Crippen LogP contribution in [0.5, 0.6) is 0 Å². The van der Waals surface area contributed by atoms with Gasteiger partial charge in [0.1, 0.15) is 5.82 Å². The summed E-state index contributed by atoms with van der Waals surface area (Å²) in [6, 6.07) is 6.52. The van der Waals surface area contributed by atoms with Gasteiger partial charge < -0.3 is 14.5 Å². The van der Waals surface area contributed by atoms with Gasteiger partial charge in [-0.25, -0.2) is 4.39 Å². The average Bonchev–Trinajstić information content (AvgIpc) is 3.12. The van der Waals surface area contributed by atoms with Gasteiger partial charge in [0.05, 0.1) is 12.5 Å². The fourth-order valence-corrected chi connectivity index (χ4v) is 4.24. The van der Waals surface area contributed by atoms with Gasteiger partial charge in [-0.3, -0.25) is 14.4 Å².